The van der Waals surface area contributed by atoms with Gasteiger partial charge in [0.25, 0.3) is 0 Å². The lowest BCUT2D eigenvalue weighted by molar-refractivity contribution is 0.494. The Kier molecular flexibility index (Phi) is 7.24. The summed E-state index contributed by atoms with van der Waals surface area (Å²) in [4.78, 5) is 0.483. The molecule has 0 spiro atoms. The molecule has 1 aromatic rings. The third-order valence-electron chi connectivity index (χ3n) is 3.47. The Labute approximate surface area is 123 Å². The van der Waals surface area contributed by atoms with Gasteiger partial charge in [-0.2, -0.15) is 0 Å². The van der Waals surface area contributed by atoms with E-state index in [0.29, 0.717) is 10.9 Å². The number of aryl methyl sites for hydroxylation is 1. The molecule has 0 saturated heterocycles. The maximum Gasteiger partial charge on any atom is 0.178 e. The average molecular weight is 297 g/mol. The van der Waals surface area contributed by atoms with Crippen molar-refractivity contribution >= 4 is 9.84 Å². The molecular weight excluding hydrogens is 270 g/mol. The number of unbranched alkanes of at least 4 members (excludes halogenated alkanes) is 1. The summed E-state index contributed by atoms with van der Waals surface area (Å²) >= 11 is 0. The van der Waals surface area contributed by atoms with Crippen LogP contribution in [0.1, 0.15) is 45.1 Å². The predicted octanol–water partition coefficient (Wildman–Crippen LogP) is 3.33. The summed E-state index contributed by atoms with van der Waals surface area (Å²) in [7, 11) is -3.13. The topological polar surface area (TPSA) is 46.2 Å². The highest BCUT2D eigenvalue weighted by Gasteiger charge is 2.16. The van der Waals surface area contributed by atoms with Crippen LogP contribution < -0.4 is 5.32 Å². The lowest BCUT2D eigenvalue weighted by atomic mass is 10.1. The van der Waals surface area contributed by atoms with Crippen LogP contribution in [0.25, 0.3) is 0 Å². The van der Waals surface area contributed by atoms with E-state index in [1.807, 2.05) is 19.1 Å². The van der Waals surface area contributed by atoms with Gasteiger partial charge in [0.15, 0.2) is 9.84 Å². The summed E-state index contributed by atoms with van der Waals surface area (Å²) in [6.07, 6.45) is 3.84. The van der Waals surface area contributed by atoms with Crippen molar-refractivity contribution in [2.75, 3.05) is 12.3 Å². The van der Waals surface area contributed by atoms with E-state index >= 15 is 0 Å². The molecule has 0 heterocycles. The van der Waals surface area contributed by atoms with E-state index in [1.165, 1.54) is 0 Å². The highest BCUT2D eigenvalue weighted by molar-refractivity contribution is 7.91. The Hall–Kier alpha value is -0.870. The molecule has 0 saturated carbocycles. The molecule has 1 rings (SSSR count). The number of nitrogens with one attached hydrogen (secondary N) is 1. The molecule has 1 unspecified atom stereocenters. The van der Waals surface area contributed by atoms with Gasteiger partial charge >= 0.3 is 0 Å². The molecule has 1 atom stereocenters. The van der Waals surface area contributed by atoms with Crippen LogP contribution in [-0.4, -0.2) is 26.8 Å². The van der Waals surface area contributed by atoms with Crippen molar-refractivity contribution < 1.29 is 8.42 Å². The van der Waals surface area contributed by atoms with Crippen LogP contribution in [0.4, 0.5) is 0 Å². The zero-order valence-electron chi connectivity index (χ0n) is 12.9. The molecule has 3 nitrogen and oxygen atoms in total. The minimum Gasteiger partial charge on any atom is -0.314 e. The summed E-state index contributed by atoms with van der Waals surface area (Å²) in [6, 6.07) is 7.68. The first kappa shape index (κ1) is 17.2. The third kappa shape index (κ3) is 5.63. The highest BCUT2D eigenvalue weighted by atomic mass is 32.2. The standard InChI is InChI=1S/C16H27NO2S/c1-4-12-17-15(3)10-7-8-13-20(18,19)16-11-6-5-9-14(16)2/h5-6,9,11,15,17H,4,7-8,10,12-13H2,1-3H3. The van der Waals surface area contributed by atoms with Crippen LogP contribution in [0.3, 0.4) is 0 Å². The largest absolute Gasteiger partial charge is 0.314 e. The number of hydrogen-bond donors (Lipinski definition) is 1. The summed E-state index contributed by atoms with van der Waals surface area (Å²) in [6.45, 7) is 7.19. The Morgan fingerprint density at radius 1 is 1.20 bits per heavy atom. The van der Waals surface area contributed by atoms with Crippen molar-refractivity contribution in [2.24, 2.45) is 0 Å². The fraction of sp³-hybridized carbons (Fsp3) is 0.625. The SMILES string of the molecule is CCCNC(C)CCCCS(=O)(=O)c1ccccc1C. The van der Waals surface area contributed by atoms with E-state index in [0.717, 1.165) is 37.8 Å². The van der Waals surface area contributed by atoms with Crippen LogP contribution in [0.2, 0.25) is 0 Å². The van der Waals surface area contributed by atoms with E-state index in [-0.39, 0.29) is 5.75 Å². The summed E-state index contributed by atoms with van der Waals surface area (Å²) in [5.41, 5.74) is 0.838. The molecule has 0 bridgehead atoms. The predicted molar refractivity (Wildman–Crippen MR) is 84.8 cm³/mol. The fourth-order valence-corrected chi connectivity index (χ4v) is 3.90. The molecule has 0 fully saturated rings. The van der Waals surface area contributed by atoms with Gasteiger partial charge in [0, 0.05) is 6.04 Å². The second-order valence-electron chi connectivity index (χ2n) is 5.44. The zero-order valence-corrected chi connectivity index (χ0v) is 13.7. The van der Waals surface area contributed by atoms with Crippen molar-refractivity contribution in [3.8, 4) is 0 Å². The number of hydrogen-bond acceptors (Lipinski definition) is 3. The average Bonchev–Trinajstić information content (AvgIpc) is 2.41. The van der Waals surface area contributed by atoms with Gasteiger partial charge in [-0.3, -0.25) is 0 Å². The number of rotatable bonds is 9. The molecule has 4 heteroatoms. The Morgan fingerprint density at radius 2 is 1.90 bits per heavy atom. The van der Waals surface area contributed by atoms with Crippen molar-refractivity contribution in [3.05, 3.63) is 29.8 Å². The summed E-state index contributed by atoms with van der Waals surface area (Å²) in [5, 5.41) is 3.42. The van der Waals surface area contributed by atoms with Gasteiger partial charge in [-0.05, 0) is 51.3 Å². The number of sulfone groups is 1. The van der Waals surface area contributed by atoms with Crippen molar-refractivity contribution in [2.45, 2.75) is 57.4 Å². The first-order chi connectivity index (χ1) is 9.47. The first-order valence-corrected chi connectivity index (χ1v) is 9.14. The van der Waals surface area contributed by atoms with Gasteiger partial charge < -0.3 is 5.32 Å². The van der Waals surface area contributed by atoms with Crippen molar-refractivity contribution in [3.63, 3.8) is 0 Å². The molecule has 0 aliphatic heterocycles. The molecule has 0 aliphatic carbocycles. The molecule has 0 radical (unpaired) electrons. The van der Waals surface area contributed by atoms with Gasteiger partial charge in [-0.1, -0.05) is 31.5 Å². The quantitative estimate of drug-likeness (QED) is 0.711. The van der Waals surface area contributed by atoms with Gasteiger partial charge in [0.2, 0.25) is 0 Å². The second kappa shape index (κ2) is 8.42. The Morgan fingerprint density at radius 3 is 2.55 bits per heavy atom. The zero-order chi connectivity index (χ0) is 15.0. The van der Waals surface area contributed by atoms with Crippen LogP contribution in [-0.2, 0) is 9.84 Å². The molecule has 114 valence electrons. The fourth-order valence-electron chi connectivity index (χ4n) is 2.25. The Bertz CT molecular complexity index is 497. The minimum absolute atomic E-state index is 0.248. The maximum atomic E-state index is 12.3. The molecule has 0 aliphatic rings. The van der Waals surface area contributed by atoms with Crippen molar-refractivity contribution in [1.82, 2.24) is 5.32 Å². The van der Waals surface area contributed by atoms with E-state index < -0.39 is 9.84 Å². The second-order valence-corrected chi connectivity index (χ2v) is 7.51. The molecule has 1 N–H and O–H groups in total. The molecule has 1 aromatic carbocycles. The number of benzene rings is 1. The van der Waals surface area contributed by atoms with Gasteiger partial charge in [-0.25, -0.2) is 8.42 Å². The lowest BCUT2D eigenvalue weighted by Crippen LogP contribution is -2.26. The maximum absolute atomic E-state index is 12.3. The van der Waals surface area contributed by atoms with Crippen molar-refractivity contribution in [1.29, 1.82) is 0 Å². The molecule has 0 amide bonds. The van der Waals surface area contributed by atoms with Gasteiger partial charge in [-0.15, -0.1) is 0 Å². The third-order valence-corrected chi connectivity index (χ3v) is 5.43. The van der Waals surface area contributed by atoms with Gasteiger partial charge in [0.1, 0.15) is 0 Å². The highest BCUT2D eigenvalue weighted by Crippen LogP contribution is 2.17. The molecule has 20 heavy (non-hydrogen) atoms. The summed E-state index contributed by atoms with van der Waals surface area (Å²) in [5.74, 6) is 0.248. The van der Waals surface area contributed by atoms with E-state index in [9.17, 15) is 8.42 Å². The monoisotopic (exact) mass is 297 g/mol. The van der Waals surface area contributed by atoms with E-state index in [1.54, 1.807) is 12.1 Å². The lowest BCUT2D eigenvalue weighted by Gasteiger charge is -2.13. The molecule has 0 aromatic heterocycles. The van der Waals surface area contributed by atoms with Crippen LogP contribution >= 0.6 is 0 Å². The normalized spacial score (nSPS) is 13.3. The summed E-state index contributed by atoms with van der Waals surface area (Å²) < 4.78 is 24.5. The minimum atomic E-state index is -3.13. The van der Waals surface area contributed by atoms with E-state index in [4.69, 9.17) is 0 Å². The van der Waals surface area contributed by atoms with Gasteiger partial charge in [0.05, 0.1) is 10.6 Å². The Balaban J connectivity index is 2.40. The van der Waals surface area contributed by atoms with Crippen LogP contribution in [0, 0.1) is 6.92 Å². The smallest absolute Gasteiger partial charge is 0.178 e. The molecular formula is C16H27NO2S. The van der Waals surface area contributed by atoms with E-state index in [2.05, 4.69) is 19.2 Å². The first-order valence-electron chi connectivity index (χ1n) is 7.49. The van der Waals surface area contributed by atoms with Crippen LogP contribution in [0.5, 0.6) is 0 Å². The van der Waals surface area contributed by atoms with Crippen LogP contribution in [0.15, 0.2) is 29.2 Å².